The number of thiocarbonyl (C=S) groups is 1. The highest BCUT2D eigenvalue weighted by molar-refractivity contribution is 7.81. The Hall–Kier alpha value is -4.88. The lowest BCUT2D eigenvalue weighted by atomic mass is 10.0. The van der Waals surface area contributed by atoms with E-state index in [0.29, 0.717) is 17.9 Å². The zero-order valence-corrected chi connectivity index (χ0v) is 21.5. The number of hydrogen-bond acceptors (Lipinski definition) is 3. The van der Waals surface area contributed by atoms with Gasteiger partial charge in [0, 0.05) is 29.2 Å². The van der Waals surface area contributed by atoms with E-state index >= 15 is 0 Å². The summed E-state index contributed by atoms with van der Waals surface area (Å²) in [6.07, 6.45) is 3.55. The summed E-state index contributed by atoms with van der Waals surface area (Å²) in [6, 6.07) is 32.3. The van der Waals surface area contributed by atoms with Crippen molar-refractivity contribution in [1.82, 2.24) is 4.57 Å². The van der Waals surface area contributed by atoms with Gasteiger partial charge in [-0.2, -0.15) is 0 Å². The summed E-state index contributed by atoms with van der Waals surface area (Å²) >= 11 is 5.70. The first-order chi connectivity index (χ1) is 19.0. The van der Waals surface area contributed by atoms with Gasteiger partial charge in [-0.25, -0.2) is 4.39 Å². The number of benzene rings is 4. The molecular weight excluding hydrogens is 509 g/mol. The van der Waals surface area contributed by atoms with E-state index in [0.717, 1.165) is 22.0 Å². The second kappa shape index (κ2) is 10.1. The van der Waals surface area contributed by atoms with Crippen LogP contribution in [0.3, 0.4) is 0 Å². The molecule has 7 heteroatoms. The Morgan fingerprint density at radius 3 is 1.82 bits per heavy atom. The minimum atomic E-state index is -0.487. The quantitative estimate of drug-likeness (QED) is 0.146. The van der Waals surface area contributed by atoms with Crippen molar-refractivity contribution in [3.05, 3.63) is 138 Å². The van der Waals surface area contributed by atoms with Gasteiger partial charge in [-0.05, 0) is 66.3 Å². The highest BCUT2D eigenvalue weighted by Crippen LogP contribution is 2.31. The first-order valence-corrected chi connectivity index (χ1v) is 12.8. The van der Waals surface area contributed by atoms with Crippen molar-refractivity contribution in [2.24, 2.45) is 0 Å². The Balaban J connectivity index is 1.48. The van der Waals surface area contributed by atoms with E-state index in [9.17, 15) is 14.0 Å². The van der Waals surface area contributed by atoms with Crippen LogP contribution in [0.2, 0.25) is 0 Å². The molecule has 0 atom stereocenters. The van der Waals surface area contributed by atoms with Gasteiger partial charge in [0.25, 0.3) is 11.8 Å². The number of amides is 2. The van der Waals surface area contributed by atoms with Crippen LogP contribution in [0.4, 0.5) is 15.8 Å². The molecule has 2 heterocycles. The predicted molar refractivity (Wildman–Crippen MR) is 156 cm³/mol. The van der Waals surface area contributed by atoms with Crippen LogP contribution in [-0.4, -0.2) is 21.5 Å². The molecule has 1 fully saturated rings. The fraction of sp³-hybridized carbons (Fsp3) is 0.0312. The number of fused-ring (bicyclic) bond motifs is 1. The molecule has 0 bridgehead atoms. The topological polar surface area (TPSA) is 45.6 Å². The number of rotatable bonds is 5. The van der Waals surface area contributed by atoms with E-state index < -0.39 is 11.8 Å². The van der Waals surface area contributed by atoms with Crippen LogP contribution in [0.5, 0.6) is 0 Å². The van der Waals surface area contributed by atoms with Gasteiger partial charge in [0.15, 0.2) is 5.11 Å². The molecule has 6 rings (SSSR count). The molecule has 4 aromatic carbocycles. The van der Waals surface area contributed by atoms with Gasteiger partial charge in [0.05, 0.1) is 11.4 Å². The van der Waals surface area contributed by atoms with Crippen molar-refractivity contribution in [1.29, 1.82) is 0 Å². The van der Waals surface area contributed by atoms with Crippen LogP contribution < -0.4 is 9.80 Å². The summed E-state index contributed by atoms with van der Waals surface area (Å²) in [5, 5.41) is 0.983. The molecule has 190 valence electrons. The smallest absolute Gasteiger partial charge is 0.270 e. The molecular formula is C32H22FN3O2S. The Labute approximate surface area is 230 Å². The second-order valence-electron chi connectivity index (χ2n) is 9.15. The number of para-hydroxylation sites is 3. The first-order valence-electron chi connectivity index (χ1n) is 12.4. The summed E-state index contributed by atoms with van der Waals surface area (Å²) < 4.78 is 15.5. The lowest BCUT2D eigenvalue weighted by molar-refractivity contribution is -0.120. The van der Waals surface area contributed by atoms with Crippen molar-refractivity contribution in [2.45, 2.75) is 6.54 Å². The monoisotopic (exact) mass is 531 g/mol. The van der Waals surface area contributed by atoms with Crippen LogP contribution in [0.1, 0.15) is 11.1 Å². The first kappa shape index (κ1) is 24.5. The fourth-order valence-electron chi connectivity index (χ4n) is 4.80. The summed E-state index contributed by atoms with van der Waals surface area (Å²) in [7, 11) is 0. The van der Waals surface area contributed by atoms with Gasteiger partial charge in [-0.1, -0.05) is 66.7 Å². The Morgan fingerprint density at radius 1 is 0.692 bits per heavy atom. The molecule has 39 heavy (non-hydrogen) atoms. The minimum absolute atomic E-state index is 0.000918. The van der Waals surface area contributed by atoms with E-state index in [1.807, 2.05) is 71.4 Å². The Kier molecular flexibility index (Phi) is 6.34. The van der Waals surface area contributed by atoms with Gasteiger partial charge in [-0.3, -0.25) is 19.4 Å². The largest absolute Gasteiger partial charge is 0.342 e. The highest BCUT2D eigenvalue weighted by atomic mass is 32.1. The van der Waals surface area contributed by atoms with Crippen molar-refractivity contribution in [2.75, 3.05) is 9.80 Å². The molecule has 0 saturated carbocycles. The van der Waals surface area contributed by atoms with Gasteiger partial charge in [-0.15, -0.1) is 0 Å². The van der Waals surface area contributed by atoms with Gasteiger partial charge >= 0.3 is 0 Å². The number of aromatic nitrogens is 1. The second-order valence-corrected chi connectivity index (χ2v) is 9.51. The lowest BCUT2D eigenvalue weighted by Crippen LogP contribution is -2.56. The van der Waals surface area contributed by atoms with Crippen LogP contribution in [0.25, 0.3) is 17.0 Å². The van der Waals surface area contributed by atoms with Gasteiger partial charge in [0.1, 0.15) is 11.4 Å². The minimum Gasteiger partial charge on any atom is -0.342 e. The van der Waals surface area contributed by atoms with E-state index in [4.69, 9.17) is 12.2 Å². The standard InChI is InChI=1S/C32H22FN3O2S/c33-24-17-15-22(16-18-24)20-34-21-23(27-13-7-8-14-29(27)34)19-28-30(37)35(25-9-3-1-4-10-25)32(39)36(31(28)38)26-11-5-2-6-12-26/h1-19,21H,20H2. The zero-order chi connectivity index (χ0) is 26.9. The number of anilines is 2. The van der Waals surface area contributed by atoms with Crippen molar-refractivity contribution in [3.8, 4) is 0 Å². The summed E-state index contributed by atoms with van der Waals surface area (Å²) in [6.45, 7) is 0.502. The summed E-state index contributed by atoms with van der Waals surface area (Å²) in [5.74, 6) is -1.27. The molecule has 0 aliphatic carbocycles. The molecule has 1 aliphatic rings. The van der Waals surface area contributed by atoms with Gasteiger partial charge in [0.2, 0.25) is 0 Å². The molecule has 0 N–H and O–H groups in total. The van der Waals surface area contributed by atoms with E-state index in [2.05, 4.69) is 0 Å². The van der Waals surface area contributed by atoms with E-state index in [-0.39, 0.29) is 16.5 Å². The van der Waals surface area contributed by atoms with Crippen LogP contribution in [0, 0.1) is 5.82 Å². The Morgan fingerprint density at radius 2 is 1.23 bits per heavy atom. The zero-order valence-electron chi connectivity index (χ0n) is 20.7. The van der Waals surface area contributed by atoms with Crippen LogP contribution in [0.15, 0.2) is 121 Å². The predicted octanol–water partition coefficient (Wildman–Crippen LogP) is 6.58. The van der Waals surface area contributed by atoms with Crippen molar-refractivity contribution in [3.63, 3.8) is 0 Å². The molecule has 5 aromatic rings. The maximum Gasteiger partial charge on any atom is 0.270 e. The fourth-order valence-corrected chi connectivity index (χ4v) is 5.18. The molecule has 5 nitrogen and oxygen atoms in total. The van der Waals surface area contributed by atoms with Crippen molar-refractivity contribution >= 4 is 57.5 Å². The maximum atomic E-state index is 13.9. The normalized spacial score (nSPS) is 13.9. The molecule has 0 spiro atoms. The third kappa shape index (κ3) is 4.53. The van der Waals surface area contributed by atoms with E-state index in [1.165, 1.54) is 21.9 Å². The number of nitrogens with zero attached hydrogens (tertiary/aromatic N) is 3. The lowest BCUT2D eigenvalue weighted by Gasteiger charge is -2.36. The number of carbonyl (C=O) groups is 2. The number of hydrogen-bond donors (Lipinski definition) is 0. The number of carbonyl (C=O) groups excluding carboxylic acids is 2. The van der Waals surface area contributed by atoms with Crippen LogP contribution >= 0.6 is 12.2 Å². The SMILES string of the molecule is O=C1C(=Cc2cn(Cc3ccc(F)cc3)c3ccccc23)C(=O)N(c2ccccc2)C(=S)N1c1ccccc1. The molecule has 1 saturated heterocycles. The van der Waals surface area contributed by atoms with E-state index in [1.54, 1.807) is 42.5 Å². The molecule has 0 unspecified atom stereocenters. The third-order valence-corrected chi connectivity index (χ3v) is 7.03. The molecule has 1 aromatic heterocycles. The Bertz CT molecular complexity index is 1680. The van der Waals surface area contributed by atoms with Gasteiger partial charge < -0.3 is 4.57 Å². The van der Waals surface area contributed by atoms with Crippen LogP contribution in [-0.2, 0) is 16.1 Å². The molecule has 0 radical (unpaired) electrons. The average Bonchev–Trinajstić information content (AvgIpc) is 3.30. The maximum absolute atomic E-state index is 13.9. The average molecular weight is 532 g/mol. The third-order valence-electron chi connectivity index (χ3n) is 6.66. The highest BCUT2D eigenvalue weighted by Gasteiger charge is 2.41. The summed E-state index contributed by atoms with van der Waals surface area (Å²) in [5.41, 5.74) is 3.73. The van der Waals surface area contributed by atoms with Crippen molar-refractivity contribution < 1.29 is 14.0 Å². The summed E-state index contributed by atoms with van der Waals surface area (Å²) in [4.78, 5) is 30.5. The molecule has 1 aliphatic heterocycles. The molecule has 2 amide bonds. The number of halogens is 1.